The molecule has 0 unspecified atom stereocenters. The first kappa shape index (κ1) is 13.6. The first-order chi connectivity index (χ1) is 7.56. The highest BCUT2D eigenvalue weighted by Crippen LogP contribution is 2.28. The van der Waals surface area contributed by atoms with E-state index in [1.165, 1.54) is 22.9 Å². The monoisotopic (exact) mass is 277 g/mol. The van der Waals surface area contributed by atoms with Crippen molar-refractivity contribution in [1.29, 1.82) is 0 Å². The summed E-state index contributed by atoms with van der Waals surface area (Å²) in [5.74, 6) is 0.157. The third-order valence-electron chi connectivity index (χ3n) is 1.93. The second-order valence-corrected chi connectivity index (χ2v) is 3.65. The predicted molar refractivity (Wildman–Crippen MR) is 66.4 cm³/mol. The summed E-state index contributed by atoms with van der Waals surface area (Å²) in [5.41, 5.74) is 6.05. The van der Waals surface area contributed by atoms with E-state index in [1.54, 1.807) is 13.2 Å². The van der Waals surface area contributed by atoms with Crippen LogP contribution in [0, 0.1) is 5.82 Å². The zero-order valence-electron chi connectivity index (χ0n) is 8.85. The predicted octanol–water partition coefficient (Wildman–Crippen LogP) is 3.01. The van der Waals surface area contributed by atoms with Crippen molar-refractivity contribution < 1.29 is 9.13 Å². The Morgan fingerprint density at radius 3 is 2.71 bits per heavy atom. The lowest BCUT2D eigenvalue weighted by Crippen LogP contribution is -1.91. The summed E-state index contributed by atoms with van der Waals surface area (Å²) in [5, 5.41) is 3.98. The lowest BCUT2D eigenvalue weighted by molar-refractivity contribution is 0.454. The van der Waals surface area contributed by atoms with E-state index in [0.717, 1.165) is 0 Å². The average Bonchev–Trinajstić information content (AvgIpc) is 2.51. The molecule has 0 amide bonds. The van der Waals surface area contributed by atoms with Crippen LogP contribution in [0.15, 0.2) is 24.4 Å². The van der Waals surface area contributed by atoms with Gasteiger partial charge in [-0.3, -0.25) is 4.68 Å². The first-order valence-corrected chi connectivity index (χ1v) is 4.86. The average molecular weight is 278 g/mol. The van der Waals surface area contributed by atoms with E-state index in [0.29, 0.717) is 11.4 Å². The van der Waals surface area contributed by atoms with Crippen LogP contribution in [0.5, 0.6) is 11.6 Å². The maximum Gasteiger partial charge on any atom is 0.261 e. The van der Waals surface area contributed by atoms with E-state index in [2.05, 4.69) is 5.10 Å². The van der Waals surface area contributed by atoms with Crippen LogP contribution in [-0.4, -0.2) is 9.78 Å². The standard InChI is InChI=1S/C10H9ClFN3O.ClH/c1-15-5-9(13)10(14-15)16-6-2-3-8(12)7(11)4-6;/h2-5H,13H2,1H3;1H. The molecule has 0 fully saturated rings. The number of halogens is 3. The van der Waals surface area contributed by atoms with E-state index in [4.69, 9.17) is 22.1 Å². The van der Waals surface area contributed by atoms with Gasteiger partial charge in [0.25, 0.3) is 5.88 Å². The molecule has 1 heterocycles. The third-order valence-corrected chi connectivity index (χ3v) is 2.22. The smallest absolute Gasteiger partial charge is 0.261 e. The first-order valence-electron chi connectivity index (χ1n) is 4.48. The van der Waals surface area contributed by atoms with Crippen molar-refractivity contribution in [2.45, 2.75) is 0 Å². The van der Waals surface area contributed by atoms with Crippen molar-refractivity contribution in [3.63, 3.8) is 0 Å². The van der Waals surface area contributed by atoms with Crippen LogP contribution in [0.3, 0.4) is 0 Å². The molecule has 0 aliphatic heterocycles. The Morgan fingerprint density at radius 1 is 1.47 bits per heavy atom. The number of nitrogens with two attached hydrogens (primary N) is 1. The maximum atomic E-state index is 12.9. The maximum absolute atomic E-state index is 12.9. The lowest BCUT2D eigenvalue weighted by atomic mass is 10.3. The minimum absolute atomic E-state index is 0. The largest absolute Gasteiger partial charge is 0.436 e. The third kappa shape index (κ3) is 3.01. The van der Waals surface area contributed by atoms with E-state index in [-0.39, 0.29) is 23.3 Å². The number of anilines is 1. The zero-order valence-corrected chi connectivity index (χ0v) is 10.4. The van der Waals surface area contributed by atoms with Crippen LogP contribution >= 0.6 is 24.0 Å². The minimum atomic E-state index is -0.497. The van der Waals surface area contributed by atoms with Crippen molar-refractivity contribution in [2.75, 3.05) is 5.73 Å². The summed E-state index contributed by atoms with van der Waals surface area (Å²) >= 11 is 5.61. The number of aromatic nitrogens is 2. The Balaban J connectivity index is 0.00000144. The number of ether oxygens (including phenoxy) is 1. The van der Waals surface area contributed by atoms with Crippen LogP contribution in [0.25, 0.3) is 0 Å². The van der Waals surface area contributed by atoms with Gasteiger partial charge in [-0.1, -0.05) is 11.6 Å². The van der Waals surface area contributed by atoms with Gasteiger partial charge in [-0.2, -0.15) is 0 Å². The number of nitrogen functional groups attached to an aromatic ring is 1. The van der Waals surface area contributed by atoms with Gasteiger partial charge in [-0.15, -0.1) is 17.5 Å². The van der Waals surface area contributed by atoms with Gasteiger partial charge in [0, 0.05) is 13.1 Å². The highest BCUT2D eigenvalue weighted by atomic mass is 35.5. The van der Waals surface area contributed by atoms with Crippen molar-refractivity contribution in [3.05, 3.63) is 35.2 Å². The summed E-state index contributed by atoms with van der Waals surface area (Å²) in [6, 6.07) is 4.04. The van der Waals surface area contributed by atoms with Gasteiger partial charge < -0.3 is 10.5 Å². The molecule has 4 nitrogen and oxygen atoms in total. The molecule has 0 spiro atoms. The lowest BCUT2D eigenvalue weighted by Gasteiger charge is -2.03. The molecular formula is C10H10Cl2FN3O. The van der Waals surface area contributed by atoms with Crippen LogP contribution in [0.1, 0.15) is 0 Å². The molecule has 0 bridgehead atoms. The van der Waals surface area contributed by atoms with E-state index in [1.807, 2.05) is 0 Å². The van der Waals surface area contributed by atoms with Crippen LogP contribution in [-0.2, 0) is 7.05 Å². The van der Waals surface area contributed by atoms with Gasteiger partial charge in [-0.05, 0) is 12.1 Å². The van der Waals surface area contributed by atoms with Crippen molar-refractivity contribution in [2.24, 2.45) is 7.05 Å². The molecule has 1 aromatic heterocycles. The fraction of sp³-hybridized carbons (Fsp3) is 0.100. The molecule has 0 saturated carbocycles. The highest BCUT2D eigenvalue weighted by Gasteiger charge is 2.08. The number of aryl methyl sites for hydroxylation is 1. The number of benzene rings is 1. The molecule has 0 aliphatic rings. The Kier molecular flexibility index (Phi) is 4.20. The summed E-state index contributed by atoms with van der Waals surface area (Å²) in [7, 11) is 1.72. The molecule has 0 radical (unpaired) electrons. The Bertz CT molecular complexity index is 530. The molecule has 92 valence electrons. The van der Waals surface area contributed by atoms with Gasteiger partial charge in [0.1, 0.15) is 17.3 Å². The van der Waals surface area contributed by atoms with Gasteiger partial charge in [0.05, 0.1) is 11.2 Å². The summed E-state index contributed by atoms with van der Waals surface area (Å²) < 4.78 is 19.8. The second kappa shape index (κ2) is 5.25. The minimum Gasteiger partial charge on any atom is -0.436 e. The molecule has 0 atom stereocenters. The fourth-order valence-corrected chi connectivity index (χ4v) is 1.39. The van der Waals surface area contributed by atoms with Gasteiger partial charge >= 0.3 is 0 Å². The molecule has 2 rings (SSSR count). The Labute approximate surface area is 109 Å². The van der Waals surface area contributed by atoms with Crippen LogP contribution < -0.4 is 10.5 Å². The molecule has 17 heavy (non-hydrogen) atoms. The SMILES string of the molecule is Cl.Cn1cc(N)c(Oc2ccc(F)c(Cl)c2)n1. The summed E-state index contributed by atoms with van der Waals surface area (Å²) in [4.78, 5) is 0. The molecule has 0 aliphatic carbocycles. The molecule has 1 aromatic carbocycles. The van der Waals surface area contributed by atoms with E-state index < -0.39 is 5.82 Å². The van der Waals surface area contributed by atoms with E-state index in [9.17, 15) is 4.39 Å². The molecule has 0 saturated heterocycles. The molecule has 7 heteroatoms. The fourth-order valence-electron chi connectivity index (χ4n) is 1.22. The van der Waals surface area contributed by atoms with E-state index >= 15 is 0 Å². The van der Waals surface area contributed by atoms with Crippen LogP contribution in [0.4, 0.5) is 10.1 Å². The topological polar surface area (TPSA) is 53.1 Å². The van der Waals surface area contributed by atoms with Crippen LogP contribution in [0.2, 0.25) is 5.02 Å². The number of hydrogen-bond donors (Lipinski definition) is 1. The van der Waals surface area contributed by atoms with Crippen molar-refractivity contribution in [1.82, 2.24) is 9.78 Å². The molecule has 2 aromatic rings. The quantitative estimate of drug-likeness (QED) is 0.918. The summed E-state index contributed by atoms with van der Waals surface area (Å²) in [6.45, 7) is 0. The second-order valence-electron chi connectivity index (χ2n) is 3.24. The Hall–Kier alpha value is -1.46. The normalized spacial score (nSPS) is 9.82. The zero-order chi connectivity index (χ0) is 11.7. The Morgan fingerprint density at radius 2 is 2.18 bits per heavy atom. The molecule has 2 N–H and O–H groups in total. The number of rotatable bonds is 2. The molecular weight excluding hydrogens is 268 g/mol. The van der Waals surface area contributed by atoms with Crippen molar-refractivity contribution >= 4 is 29.7 Å². The van der Waals surface area contributed by atoms with Crippen molar-refractivity contribution in [3.8, 4) is 11.6 Å². The van der Waals surface area contributed by atoms with Gasteiger partial charge in [-0.25, -0.2) is 4.39 Å². The highest BCUT2D eigenvalue weighted by molar-refractivity contribution is 6.30. The van der Waals surface area contributed by atoms with Gasteiger partial charge in [0.15, 0.2) is 0 Å². The summed E-state index contributed by atoms with van der Waals surface area (Å²) in [6.07, 6.45) is 1.61. The van der Waals surface area contributed by atoms with Gasteiger partial charge in [0.2, 0.25) is 0 Å². The number of nitrogens with zero attached hydrogens (tertiary/aromatic N) is 2. The number of hydrogen-bond acceptors (Lipinski definition) is 3.